The normalized spacial score (nSPS) is 16.4. The van der Waals surface area contributed by atoms with Crippen LogP contribution in [0, 0.1) is 0 Å². The molecule has 3 N–H and O–H groups in total. The molecule has 0 bridgehead atoms. The van der Waals surface area contributed by atoms with Crippen molar-refractivity contribution in [2.75, 3.05) is 32.7 Å². The van der Waals surface area contributed by atoms with E-state index in [1.807, 2.05) is 6.92 Å². The molecule has 0 aromatic heterocycles. The minimum atomic E-state index is 0. The van der Waals surface area contributed by atoms with Gasteiger partial charge in [0.15, 0.2) is 5.96 Å². The smallest absolute Gasteiger partial charge is 0.188 e. The van der Waals surface area contributed by atoms with Gasteiger partial charge in [-0.1, -0.05) is 12.2 Å². The number of hydrogen-bond donors (Lipinski definition) is 2. The molecule has 1 aliphatic heterocycles. The third kappa shape index (κ3) is 8.74. The Morgan fingerprint density at radius 3 is 2.61 bits per heavy atom. The number of nitrogens with zero attached hydrogens (tertiary/aromatic N) is 2. The number of nitrogens with two attached hydrogens (primary N) is 1. The van der Waals surface area contributed by atoms with Gasteiger partial charge in [0.05, 0.1) is 6.54 Å². The zero-order chi connectivity index (χ0) is 12.5. The van der Waals surface area contributed by atoms with Crippen molar-refractivity contribution in [2.45, 2.75) is 32.6 Å². The summed E-state index contributed by atoms with van der Waals surface area (Å²) in [7, 11) is 0. The van der Waals surface area contributed by atoms with Gasteiger partial charge < -0.3 is 16.0 Å². The van der Waals surface area contributed by atoms with Gasteiger partial charge in [-0.3, -0.25) is 0 Å². The first-order valence-electron chi connectivity index (χ1n) is 6.59. The summed E-state index contributed by atoms with van der Waals surface area (Å²) >= 11 is 0. The third-order valence-corrected chi connectivity index (χ3v) is 2.93. The maximum Gasteiger partial charge on any atom is 0.188 e. The monoisotopic (exact) mass is 366 g/mol. The largest absolute Gasteiger partial charge is 0.370 e. The van der Waals surface area contributed by atoms with Gasteiger partial charge >= 0.3 is 0 Å². The highest BCUT2D eigenvalue weighted by molar-refractivity contribution is 14.0. The molecular weight excluding hydrogens is 339 g/mol. The first-order chi connectivity index (χ1) is 8.18. The molecule has 1 aliphatic rings. The second kappa shape index (κ2) is 10.6. The van der Waals surface area contributed by atoms with Crippen molar-refractivity contribution >= 4 is 29.9 Å². The topological polar surface area (TPSA) is 53.6 Å². The Balaban J connectivity index is 0.00000289. The number of likely N-dealkylation sites (tertiary alicyclic amines) is 1. The van der Waals surface area contributed by atoms with Crippen molar-refractivity contribution in [2.24, 2.45) is 10.7 Å². The van der Waals surface area contributed by atoms with Gasteiger partial charge in [-0.2, -0.15) is 0 Å². The van der Waals surface area contributed by atoms with Crippen molar-refractivity contribution in [1.82, 2.24) is 10.2 Å². The Morgan fingerprint density at radius 2 is 2.00 bits per heavy atom. The first kappa shape index (κ1) is 17.7. The molecule has 0 saturated carbocycles. The molecule has 4 nitrogen and oxygen atoms in total. The van der Waals surface area contributed by atoms with Crippen molar-refractivity contribution < 1.29 is 0 Å². The molecule has 1 heterocycles. The average molecular weight is 366 g/mol. The van der Waals surface area contributed by atoms with E-state index in [2.05, 4.69) is 21.8 Å². The van der Waals surface area contributed by atoms with E-state index in [4.69, 9.17) is 5.73 Å². The fraction of sp³-hybridized carbons (Fsp3) is 0.769. The lowest BCUT2D eigenvalue weighted by Crippen LogP contribution is -2.33. The molecule has 0 aromatic rings. The van der Waals surface area contributed by atoms with Crippen molar-refractivity contribution in [3.63, 3.8) is 0 Å². The summed E-state index contributed by atoms with van der Waals surface area (Å²) in [6.07, 6.45) is 5.14. The predicted octanol–water partition coefficient (Wildman–Crippen LogP) is 1.96. The SMILES string of the molecule is C=C(C)CN=C(N)NCCCCN1CCCC1.I. The standard InChI is InChI=1S/C13H26N4.HI/c1-12(2)11-16-13(14)15-7-3-4-8-17-9-5-6-10-17;/h1,3-11H2,2H3,(H3,14,15,16);1H. The van der Waals surface area contributed by atoms with Crippen molar-refractivity contribution in [3.8, 4) is 0 Å². The van der Waals surface area contributed by atoms with E-state index in [0.29, 0.717) is 12.5 Å². The van der Waals surface area contributed by atoms with Crippen LogP contribution in [-0.2, 0) is 0 Å². The van der Waals surface area contributed by atoms with Gasteiger partial charge in [0.1, 0.15) is 0 Å². The molecule has 0 amide bonds. The van der Waals surface area contributed by atoms with E-state index < -0.39 is 0 Å². The summed E-state index contributed by atoms with van der Waals surface area (Å²) in [6.45, 7) is 11.1. The molecule has 18 heavy (non-hydrogen) atoms. The Bertz CT molecular complexity index is 260. The molecule has 5 heteroatoms. The highest BCUT2D eigenvalue weighted by Crippen LogP contribution is 2.07. The molecular formula is C13H27IN4. The van der Waals surface area contributed by atoms with Crippen LogP contribution >= 0.6 is 24.0 Å². The summed E-state index contributed by atoms with van der Waals surface area (Å²) in [5.41, 5.74) is 6.75. The Morgan fingerprint density at radius 1 is 1.33 bits per heavy atom. The average Bonchev–Trinajstić information content (AvgIpc) is 2.79. The molecule has 1 fully saturated rings. The highest BCUT2D eigenvalue weighted by atomic mass is 127. The van der Waals surface area contributed by atoms with Gasteiger partial charge in [-0.15, -0.1) is 24.0 Å². The molecule has 106 valence electrons. The van der Waals surface area contributed by atoms with Gasteiger partial charge in [-0.05, 0) is 52.2 Å². The van der Waals surface area contributed by atoms with Crippen LogP contribution in [-0.4, -0.2) is 43.6 Å². The minimum Gasteiger partial charge on any atom is -0.370 e. The number of hydrogen-bond acceptors (Lipinski definition) is 2. The maximum absolute atomic E-state index is 5.71. The van der Waals surface area contributed by atoms with Crippen LogP contribution in [0.3, 0.4) is 0 Å². The molecule has 0 aliphatic carbocycles. The summed E-state index contributed by atoms with van der Waals surface area (Å²) in [5, 5.41) is 3.13. The molecule has 0 atom stereocenters. The number of nitrogens with one attached hydrogen (secondary N) is 1. The predicted molar refractivity (Wildman–Crippen MR) is 89.6 cm³/mol. The lowest BCUT2D eigenvalue weighted by molar-refractivity contribution is 0.330. The van der Waals surface area contributed by atoms with Crippen LogP contribution in [0.2, 0.25) is 0 Å². The molecule has 0 unspecified atom stereocenters. The Labute approximate surface area is 128 Å². The molecule has 1 rings (SSSR count). The van der Waals surface area contributed by atoms with Crippen LogP contribution < -0.4 is 11.1 Å². The van der Waals surface area contributed by atoms with E-state index in [0.717, 1.165) is 18.5 Å². The van der Waals surface area contributed by atoms with Crippen LogP contribution in [0.25, 0.3) is 0 Å². The van der Waals surface area contributed by atoms with Gasteiger partial charge in [0, 0.05) is 6.54 Å². The summed E-state index contributed by atoms with van der Waals surface area (Å²) in [6, 6.07) is 0. The fourth-order valence-corrected chi connectivity index (χ4v) is 1.96. The van der Waals surface area contributed by atoms with E-state index >= 15 is 0 Å². The Kier molecular flexibility index (Phi) is 10.4. The lowest BCUT2D eigenvalue weighted by Gasteiger charge is -2.14. The molecule has 0 aromatic carbocycles. The summed E-state index contributed by atoms with van der Waals surface area (Å²) in [5.74, 6) is 0.536. The number of halogens is 1. The first-order valence-corrected chi connectivity index (χ1v) is 6.59. The third-order valence-electron chi connectivity index (χ3n) is 2.93. The number of aliphatic imine (C=N–C) groups is 1. The van der Waals surface area contributed by atoms with E-state index in [-0.39, 0.29) is 24.0 Å². The zero-order valence-corrected chi connectivity index (χ0v) is 13.8. The number of rotatable bonds is 7. The van der Waals surface area contributed by atoms with Gasteiger partial charge in [0.2, 0.25) is 0 Å². The molecule has 0 radical (unpaired) electrons. The van der Waals surface area contributed by atoms with Crippen molar-refractivity contribution in [3.05, 3.63) is 12.2 Å². The maximum atomic E-state index is 5.71. The summed E-state index contributed by atoms with van der Waals surface area (Å²) < 4.78 is 0. The van der Waals surface area contributed by atoms with Crippen LogP contribution in [0.15, 0.2) is 17.1 Å². The van der Waals surface area contributed by atoms with E-state index in [1.165, 1.54) is 38.9 Å². The quantitative estimate of drug-likeness (QED) is 0.238. The number of unbranched alkanes of at least 4 members (excludes halogenated alkanes) is 1. The van der Waals surface area contributed by atoms with Crippen molar-refractivity contribution in [1.29, 1.82) is 0 Å². The van der Waals surface area contributed by atoms with Crippen LogP contribution in [0.5, 0.6) is 0 Å². The van der Waals surface area contributed by atoms with E-state index in [9.17, 15) is 0 Å². The van der Waals surface area contributed by atoms with Crippen LogP contribution in [0.1, 0.15) is 32.6 Å². The minimum absolute atomic E-state index is 0. The second-order valence-corrected chi connectivity index (χ2v) is 4.84. The van der Waals surface area contributed by atoms with Gasteiger partial charge in [-0.25, -0.2) is 4.99 Å². The van der Waals surface area contributed by atoms with Gasteiger partial charge in [0.25, 0.3) is 0 Å². The number of guanidine groups is 1. The molecule has 1 saturated heterocycles. The fourth-order valence-electron chi connectivity index (χ4n) is 1.96. The second-order valence-electron chi connectivity index (χ2n) is 4.84. The van der Waals surface area contributed by atoms with Crippen LogP contribution in [0.4, 0.5) is 0 Å². The highest BCUT2D eigenvalue weighted by Gasteiger charge is 2.09. The van der Waals surface area contributed by atoms with E-state index in [1.54, 1.807) is 0 Å². The Hall–Kier alpha value is -0.300. The zero-order valence-electron chi connectivity index (χ0n) is 11.5. The lowest BCUT2D eigenvalue weighted by atomic mass is 10.3. The molecule has 0 spiro atoms. The summed E-state index contributed by atoms with van der Waals surface area (Å²) in [4.78, 5) is 6.71.